The summed E-state index contributed by atoms with van der Waals surface area (Å²) in [6.45, 7) is 3.97. The second-order valence-corrected chi connectivity index (χ2v) is 9.78. The molecule has 1 amide bonds. The van der Waals surface area contributed by atoms with Crippen molar-refractivity contribution in [1.29, 1.82) is 0 Å². The first-order valence-electron chi connectivity index (χ1n) is 12.2. The summed E-state index contributed by atoms with van der Waals surface area (Å²) in [6, 6.07) is 7.02. The first-order chi connectivity index (χ1) is 18.3. The van der Waals surface area contributed by atoms with Crippen molar-refractivity contribution in [3.8, 4) is 23.0 Å². The van der Waals surface area contributed by atoms with E-state index in [4.69, 9.17) is 18.9 Å². The Labute approximate surface area is 229 Å². The lowest BCUT2D eigenvalue weighted by Gasteiger charge is -2.29. The number of aromatic hydroxyl groups is 1. The number of amides is 1. The summed E-state index contributed by atoms with van der Waals surface area (Å²) in [7, 11) is 4.37. The molecule has 2 aliphatic heterocycles. The summed E-state index contributed by atoms with van der Waals surface area (Å²) in [5.74, 6) is -0.967. The average Bonchev–Trinajstić information content (AvgIpc) is 3.19. The number of methoxy groups -OCH3 is 3. The van der Waals surface area contributed by atoms with Gasteiger partial charge < -0.3 is 34.1 Å². The van der Waals surface area contributed by atoms with Crippen LogP contribution < -0.4 is 14.2 Å². The highest BCUT2D eigenvalue weighted by molar-refractivity contribution is 9.10. The van der Waals surface area contributed by atoms with Crippen molar-refractivity contribution in [1.82, 2.24) is 9.80 Å². The third-order valence-corrected chi connectivity index (χ3v) is 7.36. The first kappa shape index (κ1) is 27.7. The molecule has 2 aromatic carbocycles. The minimum absolute atomic E-state index is 0.0618. The van der Waals surface area contributed by atoms with Crippen LogP contribution in [0.3, 0.4) is 0 Å². The van der Waals surface area contributed by atoms with Crippen LogP contribution in [0.2, 0.25) is 0 Å². The zero-order valence-corrected chi connectivity index (χ0v) is 23.1. The quantitative estimate of drug-likeness (QED) is 0.257. The molecule has 0 radical (unpaired) electrons. The fourth-order valence-electron chi connectivity index (χ4n) is 4.79. The van der Waals surface area contributed by atoms with Gasteiger partial charge in [-0.15, -0.1) is 0 Å². The molecule has 0 aliphatic carbocycles. The predicted molar refractivity (Wildman–Crippen MR) is 143 cm³/mol. The topological polar surface area (TPSA) is 118 Å². The third-order valence-electron chi connectivity index (χ3n) is 6.76. The zero-order chi connectivity index (χ0) is 27.4. The van der Waals surface area contributed by atoms with Crippen molar-refractivity contribution < 1.29 is 38.7 Å². The highest BCUT2D eigenvalue weighted by atomic mass is 79.9. The Bertz CT molecular complexity index is 1240. The van der Waals surface area contributed by atoms with Gasteiger partial charge in [-0.3, -0.25) is 14.5 Å². The van der Waals surface area contributed by atoms with E-state index in [0.717, 1.165) is 19.6 Å². The smallest absolute Gasteiger partial charge is 0.295 e. The van der Waals surface area contributed by atoms with E-state index in [1.165, 1.54) is 26.2 Å². The summed E-state index contributed by atoms with van der Waals surface area (Å²) in [6.07, 6.45) is 0.621. The summed E-state index contributed by atoms with van der Waals surface area (Å²) in [5.41, 5.74) is 0.733. The van der Waals surface area contributed by atoms with Crippen LogP contribution in [0.4, 0.5) is 0 Å². The molecule has 0 bridgehead atoms. The number of carbonyl (C=O) groups excluding carboxylic acids is 2. The van der Waals surface area contributed by atoms with E-state index >= 15 is 0 Å². The number of phenols is 1. The number of morpholine rings is 1. The third kappa shape index (κ3) is 5.45. The Hall–Kier alpha value is -3.28. The standard InChI is InChI=1S/C27H31BrN2O8/c1-35-19-6-5-16(14-20(19)36-2)24(31)22-23(17-13-18(28)25(32)21(15-17)37-3)30(27(34)26(22)33)8-4-7-29-9-11-38-12-10-29/h5-6,13-15,23,31-32H,4,7-12H2,1-3H3/b24-22-. The number of Topliss-reactive ketones (excluding diaryl/α,β-unsaturated/α-hetero) is 1. The van der Waals surface area contributed by atoms with Gasteiger partial charge in [-0.05, 0) is 58.2 Å². The second kappa shape index (κ2) is 12.1. The number of benzene rings is 2. The maximum absolute atomic E-state index is 13.4. The van der Waals surface area contributed by atoms with Crippen LogP contribution in [0.15, 0.2) is 40.4 Å². The second-order valence-electron chi connectivity index (χ2n) is 8.92. The van der Waals surface area contributed by atoms with Gasteiger partial charge >= 0.3 is 0 Å². The maximum Gasteiger partial charge on any atom is 0.295 e. The number of halogens is 1. The zero-order valence-electron chi connectivity index (χ0n) is 21.5. The van der Waals surface area contributed by atoms with Crippen LogP contribution in [0.5, 0.6) is 23.0 Å². The molecule has 4 rings (SSSR count). The average molecular weight is 591 g/mol. The van der Waals surface area contributed by atoms with Gasteiger partial charge in [-0.25, -0.2) is 0 Å². The Morgan fingerprint density at radius 3 is 2.34 bits per heavy atom. The molecule has 0 spiro atoms. The van der Waals surface area contributed by atoms with E-state index in [-0.39, 0.29) is 29.4 Å². The molecule has 1 unspecified atom stereocenters. The van der Waals surface area contributed by atoms with Crippen molar-refractivity contribution in [2.75, 3.05) is 60.7 Å². The van der Waals surface area contributed by atoms with Gasteiger partial charge in [0.25, 0.3) is 11.7 Å². The van der Waals surface area contributed by atoms with Gasteiger partial charge in [0.05, 0.1) is 50.6 Å². The number of aliphatic hydroxyl groups is 1. The Balaban J connectivity index is 1.77. The normalized spacial score (nSPS) is 19.6. The Kier molecular flexibility index (Phi) is 8.80. The van der Waals surface area contributed by atoms with Crippen LogP contribution in [0, 0.1) is 0 Å². The summed E-state index contributed by atoms with van der Waals surface area (Å²) < 4.78 is 21.7. The number of carbonyl (C=O) groups is 2. The molecule has 38 heavy (non-hydrogen) atoms. The number of hydrogen-bond donors (Lipinski definition) is 2. The van der Waals surface area contributed by atoms with E-state index in [0.29, 0.717) is 46.7 Å². The van der Waals surface area contributed by atoms with Crippen molar-refractivity contribution in [2.45, 2.75) is 12.5 Å². The van der Waals surface area contributed by atoms with Crippen LogP contribution in [-0.2, 0) is 14.3 Å². The fourth-order valence-corrected chi connectivity index (χ4v) is 5.25. The van der Waals surface area contributed by atoms with E-state index in [2.05, 4.69) is 20.8 Å². The molecular weight excluding hydrogens is 560 g/mol. The maximum atomic E-state index is 13.4. The fraction of sp³-hybridized carbons (Fsp3) is 0.407. The van der Waals surface area contributed by atoms with Crippen LogP contribution in [-0.4, -0.2) is 92.4 Å². The number of likely N-dealkylation sites (tertiary alicyclic amines) is 1. The molecule has 2 N–H and O–H groups in total. The molecule has 1 atom stereocenters. The predicted octanol–water partition coefficient (Wildman–Crippen LogP) is 3.32. The Morgan fingerprint density at radius 2 is 1.68 bits per heavy atom. The molecule has 10 nitrogen and oxygen atoms in total. The highest BCUT2D eigenvalue weighted by Crippen LogP contribution is 2.45. The van der Waals surface area contributed by atoms with Crippen molar-refractivity contribution in [3.05, 3.63) is 51.5 Å². The minimum Gasteiger partial charge on any atom is -0.507 e. The minimum atomic E-state index is -0.904. The van der Waals surface area contributed by atoms with Crippen LogP contribution in [0.25, 0.3) is 5.76 Å². The molecule has 2 aromatic rings. The summed E-state index contributed by atoms with van der Waals surface area (Å²) in [4.78, 5) is 30.4. The number of hydrogen-bond acceptors (Lipinski definition) is 9. The molecule has 0 saturated carbocycles. The molecule has 0 aromatic heterocycles. The summed E-state index contributed by atoms with van der Waals surface area (Å²) >= 11 is 3.33. The van der Waals surface area contributed by atoms with E-state index in [1.807, 2.05) is 0 Å². The molecule has 204 valence electrons. The number of nitrogens with zero attached hydrogens (tertiary/aromatic N) is 2. The molecular formula is C27H31BrN2O8. The Morgan fingerprint density at radius 1 is 1.00 bits per heavy atom. The number of ketones is 1. The molecule has 2 fully saturated rings. The van der Waals surface area contributed by atoms with Gasteiger partial charge in [0.2, 0.25) is 0 Å². The van der Waals surface area contributed by atoms with Crippen LogP contribution in [0.1, 0.15) is 23.6 Å². The lowest BCUT2D eigenvalue weighted by Crippen LogP contribution is -2.39. The van der Waals surface area contributed by atoms with E-state index in [1.54, 1.807) is 30.3 Å². The van der Waals surface area contributed by atoms with E-state index < -0.39 is 17.7 Å². The highest BCUT2D eigenvalue weighted by Gasteiger charge is 2.46. The number of phenolic OH excluding ortho intramolecular Hbond substituents is 1. The SMILES string of the molecule is COc1ccc(/C(O)=C2/C(=O)C(=O)N(CCCN3CCOCC3)C2c2cc(Br)c(O)c(OC)c2)cc1OC. The largest absolute Gasteiger partial charge is 0.507 e. The van der Waals surface area contributed by atoms with Gasteiger partial charge in [0.1, 0.15) is 5.76 Å². The number of ether oxygens (including phenoxy) is 4. The molecule has 11 heteroatoms. The molecule has 2 aliphatic rings. The van der Waals surface area contributed by atoms with Gasteiger partial charge in [-0.1, -0.05) is 0 Å². The first-order valence-corrected chi connectivity index (χ1v) is 13.0. The monoisotopic (exact) mass is 590 g/mol. The lowest BCUT2D eigenvalue weighted by atomic mass is 9.94. The molecule has 2 heterocycles. The van der Waals surface area contributed by atoms with Crippen LogP contribution >= 0.6 is 15.9 Å². The van der Waals surface area contributed by atoms with Crippen molar-refractivity contribution in [3.63, 3.8) is 0 Å². The van der Waals surface area contributed by atoms with Gasteiger partial charge in [0, 0.05) is 31.7 Å². The van der Waals surface area contributed by atoms with E-state index in [9.17, 15) is 19.8 Å². The van der Waals surface area contributed by atoms with Gasteiger partial charge in [-0.2, -0.15) is 0 Å². The van der Waals surface area contributed by atoms with Crippen molar-refractivity contribution in [2.24, 2.45) is 0 Å². The lowest BCUT2D eigenvalue weighted by molar-refractivity contribution is -0.140. The van der Waals surface area contributed by atoms with Gasteiger partial charge in [0.15, 0.2) is 23.0 Å². The number of rotatable bonds is 9. The van der Waals surface area contributed by atoms with Crippen molar-refractivity contribution >= 4 is 33.4 Å². The number of aliphatic hydroxyl groups excluding tert-OH is 1. The summed E-state index contributed by atoms with van der Waals surface area (Å²) in [5, 5.41) is 21.7. The molecule has 2 saturated heterocycles.